The third-order valence-corrected chi connectivity index (χ3v) is 5.36. The summed E-state index contributed by atoms with van der Waals surface area (Å²) in [5, 5.41) is 9.97. The smallest absolute Gasteiger partial charge is 0.160 e. The van der Waals surface area contributed by atoms with Crippen LogP contribution in [0.15, 0.2) is 12.1 Å². The van der Waals surface area contributed by atoms with E-state index in [1.54, 1.807) is 7.11 Å². The van der Waals surface area contributed by atoms with Gasteiger partial charge in [-0.2, -0.15) is 0 Å². The molecule has 3 atom stereocenters. The lowest BCUT2D eigenvalue weighted by atomic mass is 9.64. The number of aromatic hydroxyl groups is 1. The molecule has 1 aromatic carbocycles. The third-order valence-electron chi connectivity index (χ3n) is 5.36. The Labute approximate surface area is 127 Å². The van der Waals surface area contributed by atoms with Crippen molar-refractivity contribution in [3.8, 4) is 11.5 Å². The van der Waals surface area contributed by atoms with E-state index in [0.717, 1.165) is 25.9 Å². The molecule has 0 heterocycles. The topological polar surface area (TPSA) is 38.7 Å². The average Bonchev–Trinajstić information content (AvgIpc) is 2.46. The van der Waals surface area contributed by atoms with E-state index >= 15 is 0 Å². The highest BCUT2D eigenvalue weighted by Crippen LogP contribution is 2.50. The second kappa shape index (κ2) is 5.53. The first-order valence-corrected chi connectivity index (χ1v) is 8.10. The van der Waals surface area contributed by atoms with E-state index in [1.807, 2.05) is 6.07 Å². The van der Waals surface area contributed by atoms with Gasteiger partial charge in [0.25, 0.3) is 0 Å². The summed E-state index contributed by atoms with van der Waals surface area (Å²) in [5.74, 6) is 2.16. The normalized spacial score (nSPS) is 31.4. The lowest BCUT2D eigenvalue weighted by molar-refractivity contribution is -0.0709. The second-order valence-corrected chi connectivity index (χ2v) is 6.75. The Balaban J connectivity index is 1.88. The van der Waals surface area contributed by atoms with E-state index in [2.05, 4.69) is 19.9 Å². The van der Waals surface area contributed by atoms with Gasteiger partial charge in [0.1, 0.15) is 0 Å². The van der Waals surface area contributed by atoms with Crippen LogP contribution >= 0.6 is 0 Å². The number of hydrogen-bond acceptors (Lipinski definition) is 3. The van der Waals surface area contributed by atoms with Crippen LogP contribution in [0.3, 0.4) is 0 Å². The van der Waals surface area contributed by atoms with Gasteiger partial charge in [-0.3, -0.25) is 0 Å². The van der Waals surface area contributed by atoms with Gasteiger partial charge in [-0.25, -0.2) is 0 Å². The molecule has 0 aromatic heterocycles. The number of fused-ring (bicyclic) bond motifs is 3. The lowest BCUT2D eigenvalue weighted by Gasteiger charge is -2.45. The predicted molar refractivity (Wildman–Crippen MR) is 83.1 cm³/mol. The molecule has 1 N–H and O–H groups in total. The molecule has 1 fully saturated rings. The summed E-state index contributed by atoms with van der Waals surface area (Å²) in [7, 11) is 1.62. The molecule has 3 nitrogen and oxygen atoms in total. The zero-order valence-electron chi connectivity index (χ0n) is 13.3. The molecule has 2 aliphatic carbocycles. The molecule has 21 heavy (non-hydrogen) atoms. The minimum atomic E-state index is 0.0500. The number of phenols is 1. The predicted octanol–water partition coefficient (Wildman–Crippen LogP) is 4.03. The van der Waals surface area contributed by atoms with Gasteiger partial charge in [-0.05, 0) is 81.0 Å². The van der Waals surface area contributed by atoms with Crippen molar-refractivity contribution in [2.75, 3.05) is 13.7 Å². The largest absolute Gasteiger partial charge is 0.504 e. The Kier molecular flexibility index (Phi) is 3.87. The molecule has 3 heteroatoms. The van der Waals surface area contributed by atoms with E-state index in [9.17, 15) is 5.11 Å². The molecule has 1 aromatic rings. The number of ether oxygens (including phenoxy) is 2. The summed E-state index contributed by atoms with van der Waals surface area (Å²) in [5.41, 5.74) is 2.74. The fourth-order valence-electron chi connectivity index (χ4n) is 4.38. The first-order valence-electron chi connectivity index (χ1n) is 8.10. The Morgan fingerprint density at radius 3 is 2.86 bits per heavy atom. The number of methoxy groups -OCH3 is 1. The van der Waals surface area contributed by atoms with Crippen LogP contribution in [0.5, 0.6) is 11.5 Å². The van der Waals surface area contributed by atoms with Crippen molar-refractivity contribution in [1.82, 2.24) is 0 Å². The maximum absolute atomic E-state index is 9.97. The van der Waals surface area contributed by atoms with Gasteiger partial charge >= 0.3 is 0 Å². The molecule has 0 radical (unpaired) electrons. The molecule has 0 saturated heterocycles. The third kappa shape index (κ3) is 2.64. The van der Waals surface area contributed by atoms with Crippen LogP contribution in [0, 0.1) is 5.92 Å². The van der Waals surface area contributed by atoms with E-state index in [0.29, 0.717) is 17.6 Å². The molecular weight excluding hydrogens is 264 g/mol. The summed E-state index contributed by atoms with van der Waals surface area (Å²) in [6, 6.07) is 3.96. The van der Waals surface area contributed by atoms with E-state index < -0.39 is 0 Å². The first-order chi connectivity index (χ1) is 10.1. The quantitative estimate of drug-likeness (QED) is 0.913. The molecule has 116 valence electrons. The van der Waals surface area contributed by atoms with Crippen molar-refractivity contribution in [3.63, 3.8) is 0 Å². The van der Waals surface area contributed by atoms with Crippen molar-refractivity contribution >= 4 is 0 Å². The van der Waals surface area contributed by atoms with Gasteiger partial charge in [-0.15, -0.1) is 0 Å². The average molecular weight is 290 g/mol. The first kappa shape index (κ1) is 14.7. The summed E-state index contributed by atoms with van der Waals surface area (Å²) < 4.78 is 11.3. The molecule has 3 rings (SSSR count). The summed E-state index contributed by atoms with van der Waals surface area (Å²) >= 11 is 0. The van der Waals surface area contributed by atoms with Crippen molar-refractivity contribution in [2.24, 2.45) is 5.92 Å². The van der Waals surface area contributed by atoms with Gasteiger partial charge in [-0.1, -0.05) is 0 Å². The molecule has 2 unspecified atom stereocenters. The van der Waals surface area contributed by atoms with E-state index in [1.165, 1.54) is 24.0 Å². The van der Waals surface area contributed by atoms with Crippen LogP contribution in [0.4, 0.5) is 0 Å². The van der Waals surface area contributed by atoms with Crippen molar-refractivity contribution < 1.29 is 14.6 Å². The highest BCUT2D eigenvalue weighted by molar-refractivity contribution is 5.49. The van der Waals surface area contributed by atoms with Crippen LogP contribution in [0.2, 0.25) is 0 Å². The summed E-state index contributed by atoms with van der Waals surface area (Å²) in [4.78, 5) is 0. The van der Waals surface area contributed by atoms with Crippen LogP contribution in [-0.2, 0) is 11.2 Å². The highest BCUT2D eigenvalue weighted by Gasteiger charge is 2.41. The molecular formula is C18H26O3. The van der Waals surface area contributed by atoms with Crippen LogP contribution in [-0.4, -0.2) is 24.4 Å². The fraction of sp³-hybridized carbons (Fsp3) is 0.667. The lowest BCUT2D eigenvalue weighted by Crippen LogP contribution is -2.40. The monoisotopic (exact) mass is 290 g/mol. The number of phenolic OH excluding ortho intramolecular Hbond substituents is 1. The number of hydrogen-bond donors (Lipinski definition) is 1. The zero-order valence-corrected chi connectivity index (χ0v) is 13.3. The number of aryl methyl sites for hydroxylation is 1. The van der Waals surface area contributed by atoms with Crippen LogP contribution in [0.1, 0.15) is 56.6 Å². The Morgan fingerprint density at radius 2 is 2.14 bits per heavy atom. The summed E-state index contributed by atoms with van der Waals surface area (Å²) in [6.45, 7) is 5.15. The molecule has 2 aliphatic rings. The maximum Gasteiger partial charge on any atom is 0.160 e. The SMILES string of the molecule is CCO[C@@]1(C)CCC2c3cc(OC)c(O)cc3CCC2C1. The van der Waals surface area contributed by atoms with Crippen LogP contribution in [0.25, 0.3) is 0 Å². The fourth-order valence-corrected chi connectivity index (χ4v) is 4.38. The molecule has 0 aliphatic heterocycles. The van der Waals surface area contributed by atoms with Crippen molar-refractivity contribution in [3.05, 3.63) is 23.3 Å². The van der Waals surface area contributed by atoms with Gasteiger partial charge < -0.3 is 14.6 Å². The standard InChI is InChI=1S/C18H26O3/c1-4-21-18(2)8-7-14-13(11-18)6-5-12-9-16(19)17(20-3)10-15(12)14/h9-10,13-14,19H,4-8,11H2,1-3H3/t13?,14?,18-/m0/s1. The highest BCUT2D eigenvalue weighted by atomic mass is 16.5. The maximum atomic E-state index is 9.97. The van der Waals surface area contributed by atoms with Gasteiger partial charge in [0, 0.05) is 6.61 Å². The van der Waals surface area contributed by atoms with Gasteiger partial charge in [0.15, 0.2) is 11.5 Å². The van der Waals surface area contributed by atoms with Gasteiger partial charge in [0.2, 0.25) is 0 Å². The zero-order chi connectivity index (χ0) is 15.0. The number of benzene rings is 1. The minimum absolute atomic E-state index is 0.0500. The minimum Gasteiger partial charge on any atom is -0.504 e. The molecule has 0 amide bonds. The Morgan fingerprint density at radius 1 is 1.33 bits per heavy atom. The Bertz CT molecular complexity index is 525. The number of rotatable bonds is 3. The van der Waals surface area contributed by atoms with E-state index in [-0.39, 0.29) is 11.4 Å². The van der Waals surface area contributed by atoms with E-state index in [4.69, 9.17) is 9.47 Å². The molecule has 0 spiro atoms. The van der Waals surface area contributed by atoms with Crippen molar-refractivity contribution in [1.29, 1.82) is 0 Å². The van der Waals surface area contributed by atoms with Crippen molar-refractivity contribution in [2.45, 2.75) is 57.5 Å². The second-order valence-electron chi connectivity index (χ2n) is 6.75. The molecule has 1 saturated carbocycles. The van der Waals surface area contributed by atoms with Crippen LogP contribution < -0.4 is 4.74 Å². The summed E-state index contributed by atoms with van der Waals surface area (Å²) in [6.07, 6.45) is 5.68. The Hall–Kier alpha value is -1.22. The van der Waals surface area contributed by atoms with Gasteiger partial charge in [0.05, 0.1) is 12.7 Å². The molecule has 0 bridgehead atoms.